The Morgan fingerprint density at radius 3 is 2.55 bits per heavy atom. The van der Waals surface area contributed by atoms with Crippen LogP contribution in [0.5, 0.6) is 0 Å². The molecule has 1 saturated heterocycles. The normalized spacial score (nSPS) is 43.9. The molecule has 2 N–H and O–H groups in total. The van der Waals surface area contributed by atoms with Gasteiger partial charge in [0.25, 0.3) is 0 Å². The summed E-state index contributed by atoms with van der Waals surface area (Å²) < 4.78 is 0. The van der Waals surface area contributed by atoms with Crippen molar-refractivity contribution in [2.24, 2.45) is 34.5 Å². The lowest BCUT2D eigenvalue weighted by Gasteiger charge is -2.61. The van der Waals surface area contributed by atoms with Crippen molar-refractivity contribution in [2.45, 2.75) is 84.6 Å². The number of carbonyl (C=O) groups is 2. The fourth-order valence-corrected chi connectivity index (χ4v) is 8.11. The van der Waals surface area contributed by atoms with E-state index >= 15 is 0 Å². The predicted molar refractivity (Wildman–Crippen MR) is 115 cm³/mol. The second-order valence-corrected chi connectivity index (χ2v) is 10.9. The van der Waals surface area contributed by atoms with Gasteiger partial charge in [0, 0.05) is 32.6 Å². The molecule has 29 heavy (non-hydrogen) atoms. The molecule has 164 valence electrons. The number of fused-ring (bicyclic) bond motifs is 5. The molecule has 1 aliphatic heterocycles. The summed E-state index contributed by atoms with van der Waals surface area (Å²) in [4.78, 5) is 26.4. The van der Waals surface area contributed by atoms with Crippen LogP contribution in [-0.2, 0) is 4.79 Å². The Kier molecular flexibility index (Phi) is 5.63. The van der Waals surface area contributed by atoms with Crippen molar-refractivity contribution < 1.29 is 9.59 Å². The molecule has 0 aromatic heterocycles. The highest BCUT2D eigenvalue weighted by atomic mass is 16.2. The zero-order valence-electron chi connectivity index (χ0n) is 18.9. The van der Waals surface area contributed by atoms with Gasteiger partial charge in [0.2, 0.25) is 5.91 Å². The largest absolute Gasteiger partial charge is 0.342 e. The number of piperidine rings is 1. The maximum atomic E-state index is 12.3. The molecular formula is C24H41N3O2. The highest BCUT2D eigenvalue weighted by Gasteiger charge is 2.60. The molecule has 4 aliphatic rings. The summed E-state index contributed by atoms with van der Waals surface area (Å²) >= 11 is 0. The summed E-state index contributed by atoms with van der Waals surface area (Å²) in [5.74, 6) is 3.29. The summed E-state index contributed by atoms with van der Waals surface area (Å²) in [6.45, 7) is 8.65. The summed E-state index contributed by atoms with van der Waals surface area (Å²) in [5, 5.41) is 6.11. The highest BCUT2D eigenvalue weighted by Crippen LogP contribution is 2.66. The van der Waals surface area contributed by atoms with Crippen molar-refractivity contribution in [3.63, 3.8) is 0 Å². The Bertz CT molecular complexity index is 652. The van der Waals surface area contributed by atoms with Crippen LogP contribution < -0.4 is 10.6 Å². The first-order valence-electron chi connectivity index (χ1n) is 12.1. The van der Waals surface area contributed by atoms with E-state index in [-0.39, 0.29) is 6.03 Å². The van der Waals surface area contributed by atoms with E-state index < -0.39 is 0 Å². The third-order valence-corrected chi connectivity index (χ3v) is 9.80. The first-order valence-corrected chi connectivity index (χ1v) is 12.1. The van der Waals surface area contributed by atoms with Crippen LogP contribution in [0.2, 0.25) is 0 Å². The Labute approximate surface area is 176 Å². The van der Waals surface area contributed by atoms with Crippen molar-refractivity contribution in [1.29, 1.82) is 0 Å². The minimum Gasteiger partial charge on any atom is -0.342 e. The fraction of sp³-hybridized carbons (Fsp3) is 0.917. The van der Waals surface area contributed by atoms with E-state index in [0.717, 1.165) is 50.1 Å². The summed E-state index contributed by atoms with van der Waals surface area (Å²) in [6, 6.07) is 0.436. The van der Waals surface area contributed by atoms with E-state index in [0.29, 0.717) is 28.7 Å². The van der Waals surface area contributed by atoms with Crippen molar-refractivity contribution in [3.05, 3.63) is 0 Å². The molecule has 5 nitrogen and oxygen atoms in total. The highest BCUT2D eigenvalue weighted by molar-refractivity contribution is 5.77. The molecule has 3 saturated carbocycles. The number of likely N-dealkylation sites (tertiary alicyclic amines) is 1. The summed E-state index contributed by atoms with van der Waals surface area (Å²) in [6.07, 6.45) is 10.4. The van der Waals surface area contributed by atoms with Crippen LogP contribution >= 0.6 is 0 Å². The first kappa shape index (κ1) is 21.0. The topological polar surface area (TPSA) is 61.4 Å². The molecule has 7 atom stereocenters. The van der Waals surface area contributed by atoms with Crippen molar-refractivity contribution in [3.8, 4) is 0 Å². The van der Waals surface area contributed by atoms with Crippen molar-refractivity contribution >= 4 is 11.9 Å². The molecule has 4 fully saturated rings. The van der Waals surface area contributed by atoms with Gasteiger partial charge in [0.15, 0.2) is 0 Å². The van der Waals surface area contributed by atoms with Crippen molar-refractivity contribution in [2.75, 3.05) is 20.1 Å². The van der Waals surface area contributed by atoms with E-state index in [1.54, 1.807) is 0 Å². The third-order valence-electron chi connectivity index (χ3n) is 9.80. The Balaban J connectivity index is 1.45. The van der Waals surface area contributed by atoms with Gasteiger partial charge >= 0.3 is 6.03 Å². The smallest absolute Gasteiger partial charge is 0.314 e. The van der Waals surface area contributed by atoms with Gasteiger partial charge in [0.1, 0.15) is 0 Å². The molecule has 4 rings (SSSR count). The summed E-state index contributed by atoms with van der Waals surface area (Å²) in [7, 11) is 2.04. The van der Waals surface area contributed by atoms with E-state index in [9.17, 15) is 9.59 Å². The molecule has 0 unspecified atom stereocenters. The molecular weight excluding hydrogens is 362 g/mol. The first-order chi connectivity index (χ1) is 13.8. The standard InChI is InChI=1S/C24H41N3O2/c1-5-14-25-22(29)26-15-16-6-8-18-17-7-9-20-24(3,13-11-21(28)27(20)4)19(17)10-12-23(16,18)2/h16-20H,5-15H2,1-4H3,(H2,25,26,29)/t16-,17+,18+,19+,20-,23-,24-/m1/s1. The van der Waals surface area contributed by atoms with Crippen LogP contribution in [-0.4, -0.2) is 43.0 Å². The van der Waals surface area contributed by atoms with Gasteiger partial charge < -0.3 is 15.5 Å². The number of amides is 3. The molecule has 0 bridgehead atoms. The second kappa shape index (κ2) is 7.77. The van der Waals surface area contributed by atoms with Crippen molar-refractivity contribution in [1.82, 2.24) is 15.5 Å². The molecule has 1 heterocycles. The van der Waals surface area contributed by atoms with Crippen LogP contribution in [0, 0.1) is 34.5 Å². The van der Waals surface area contributed by atoms with E-state index in [2.05, 4.69) is 36.3 Å². The van der Waals surface area contributed by atoms with E-state index in [1.807, 2.05) is 7.05 Å². The molecule has 0 aromatic rings. The predicted octanol–water partition coefficient (Wildman–Crippen LogP) is 4.18. The molecule has 0 spiro atoms. The second-order valence-electron chi connectivity index (χ2n) is 10.9. The van der Waals surface area contributed by atoms with Gasteiger partial charge in [0.05, 0.1) is 0 Å². The van der Waals surface area contributed by atoms with Crippen LogP contribution in [0.25, 0.3) is 0 Å². The third kappa shape index (κ3) is 3.37. The zero-order valence-corrected chi connectivity index (χ0v) is 18.9. The van der Waals surface area contributed by atoms with E-state index in [4.69, 9.17) is 0 Å². The number of carbonyl (C=O) groups excluding carboxylic acids is 2. The minimum atomic E-state index is -0.00415. The number of nitrogens with zero attached hydrogens (tertiary/aromatic N) is 1. The lowest BCUT2D eigenvalue weighted by atomic mass is 9.47. The number of hydrogen-bond acceptors (Lipinski definition) is 2. The van der Waals surface area contributed by atoms with Crippen LogP contribution in [0.4, 0.5) is 4.79 Å². The quantitative estimate of drug-likeness (QED) is 0.740. The fourth-order valence-electron chi connectivity index (χ4n) is 8.11. The number of hydrogen-bond donors (Lipinski definition) is 2. The van der Waals surface area contributed by atoms with Gasteiger partial charge in [-0.2, -0.15) is 0 Å². The van der Waals surface area contributed by atoms with Gasteiger partial charge in [-0.3, -0.25) is 4.79 Å². The number of rotatable bonds is 4. The van der Waals surface area contributed by atoms with Gasteiger partial charge in [-0.25, -0.2) is 4.79 Å². The maximum Gasteiger partial charge on any atom is 0.314 e. The lowest BCUT2D eigenvalue weighted by Crippen LogP contribution is -2.61. The molecule has 0 radical (unpaired) electrons. The molecule has 3 aliphatic carbocycles. The lowest BCUT2D eigenvalue weighted by molar-refractivity contribution is -0.158. The average Bonchev–Trinajstić information content (AvgIpc) is 3.04. The zero-order chi connectivity index (χ0) is 20.8. The van der Waals surface area contributed by atoms with Crippen LogP contribution in [0.15, 0.2) is 0 Å². The van der Waals surface area contributed by atoms with Gasteiger partial charge in [-0.05, 0) is 85.9 Å². The average molecular weight is 404 g/mol. The van der Waals surface area contributed by atoms with Crippen LogP contribution in [0.1, 0.15) is 78.6 Å². The minimum absolute atomic E-state index is 0.00415. The SMILES string of the molecule is CCCNC(=O)NC[C@H]1CC[C@H]2[C@@H]3CC[C@H]4N(C)C(=O)CC[C@]4(C)[C@H]3CC[C@]12C. The summed E-state index contributed by atoms with van der Waals surface area (Å²) in [5.41, 5.74) is 0.655. The number of urea groups is 1. The Morgan fingerprint density at radius 1 is 1.03 bits per heavy atom. The number of nitrogens with one attached hydrogen (secondary N) is 2. The Hall–Kier alpha value is -1.26. The van der Waals surface area contributed by atoms with Gasteiger partial charge in [-0.1, -0.05) is 20.8 Å². The maximum absolute atomic E-state index is 12.3. The monoisotopic (exact) mass is 403 g/mol. The molecule has 3 amide bonds. The van der Waals surface area contributed by atoms with E-state index in [1.165, 1.54) is 38.5 Å². The Morgan fingerprint density at radius 2 is 1.79 bits per heavy atom. The molecule has 0 aromatic carbocycles. The van der Waals surface area contributed by atoms with Crippen LogP contribution in [0.3, 0.4) is 0 Å². The van der Waals surface area contributed by atoms with Gasteiger partial charge in [-0.15, -0.1) is 0 Å². The molecule has 5 heteroatoms.